The Morgan fingerprint density at radius 3 is 2.16 bits per heavy atom. The highest BCUT2D eigenvalue weighted by molar-refractivity contribution is 6.00. The number of anilines is 1. The largest absolute Gasteiger partial charge is 0.478 e. The van der Waals surface area contributed by atoms with Crippen molar-refractivity contribution in [2.24, 2.45) is 0 Å². The van der Waals surface area contributed by atoms with Gasteiger partial charge in [-0.2, -0.15) is 0 Å². The average molecular weight is 265 g/mol. The zero-order chi connectivity index (χ0) is 14.0. The number of carbonyl (C=O) groups is 3. The second kappa shape index (κ2) is 5.07. The van der Waals surface area contributed by atoms with Crippen molar-refractivity contribution in [3.05, 3.63) is 29.3 Å². The summed E-state index contributed by atoms with van der Waals surface area (Å²) in [6, 6.07) is 3.61. The number of rotatable bonds is 3. The van der Waals surface area contributed by atoms with Crippen LogP contribution in [0, 0.1) is 0 Å². The van der Waals surface area contributed by atoms with Crippen LogP contribution in [0.4, 0.5) is 5.69 Å². The van der Waals surface area contributed by atoms with E-state index in [1.807, 2.05) is 0 Å². The highest BCUT2D eigenvalue weighted by atomic mass is 16.5. The first kappa shape index (κ1) is 13.0. The first-order chi connectivity index (χ1) is 8.99. The molecule has 2 rings (SSSR count). The topological polar surface area (TPSA) is 104 Å². The molecule has 0 aliphatic carbocycles. The van der Waals surface area contributed by atoms with Gasteiger partial charge in [0.05, 0.1) is 17.7 Å². The van der Waals surface area contributed by atoms with Crippen LogP contribution in [-0.2, 0) is 9.53 Å². The van der Waals surface area contributed by atoms with Crippen molar-refractivity contribution in [2.75, 3.05) is 24.7 Å². The fourth-order valence-corrected chi connectivity index (χ4v) is 1.80. The second-order valence-corrected chi connectivity index (χ2v) is 3.98. The first-order valence-electron chi connectivity index (χ1n) is 5.49. The van der Waals surface area contributed by atoms with Crippen molar-refractivity contribution in [3.63, 3.8) is 0 Å². The molecule has 0 saturated carbocycles. The Morgan fingerprint density at radius 2 is 1.68 bits per heavy atom. The third kappa shape index (κ3) is 2.71. The number of hydrogen-bond donors (Lipinski definition) is 2. The van der Waals surface area contributed by atoms with E-state index in [1.165, 1.54) is 17.0 Å². The van der Waals surface area contributed by atoms with Crippen molar-refractivity contribution in [1.82, 2.24) is 0 Å². The smallest absolute Gasteiger partial charge is 0.335 e. The van der Waals surface area contributed by atoms with Gasteiger partial charge in [0.1, 0.15) is 6.61 Å². The van der Waals surface area contributed by atoms with E-state index in [2.05, 4.69) is 0 Å². The molecule has 19 heavy (non-hydrogen) atoms. The number of nitrogens with zero attached hydrogens (tertiary/aromatic N) is 1. The Bertz CT molecular complexity index is 521. The molecular weight excluding hydrogens is 254 g/mol. The fraction of sp³-hybridized carbons (Fsp3) is 0.250. The molecule has 0 radical (unpaired) electrons. The Kier molecular flexibility index (Phi) is 3.48. The van der Waals surface area contributed by atoms with Gasteiger partial charge in [-0.3, -0.25) is 4.79 Å². The van der Waals surface area contributed by atoms with Crippen LogP contribution in [0.1, 0.15) is 20.7 Å². The highest BCUT2D eigenvalue weighted by Gasteiger charge is 2.22. The number of aromatic carboxylic acids is 2. The molecule has 0 bridgehead atoms. The predicted molar refractivity (Wildman–Crippen MR) is 63.5 cm³/mol. The molecule has 0 spiro atoms. The molecule has 1 heterocycles. The molecule has 0 unspecified atom stereocenters. The van der Waals surface area contributed by atoms with Gasteiger partial charge in [-0.25, -0.2) is 9.59 Å². The van der Waals surface area contributed by atoms with Gasteiger partial charge in [-0.05, 0) is 18.2 Å². The number of benzene rings is 1. The summed E-state index contributed by atoms with van der Waals surface area (Å²) >= 11 is 0. The van der Waals surface area contributed by atoms with Gasteiger partial charge in [-0.1, -0.05) is 0 Å². The minimum atomic E-state index is -1.25. The monoisotopic (exact) mass is 265 g/mol. The number of amides is 1. The summed E-state index contributed by atoms with van der Waals surface area (Å²) < 4.78 is 4.97. The molecule has 0 atom stereocenters. The van der Waals surface area contributed by atoms with Gasteiger partial charge in [0.15, 0.2) is 0 Å². The Labute approximate surface area is 108 Å². The maximum atomic E-state index is 11.7. The Hall–Kier alpha value is -2.41. The lowest BCUT2D eigenvalue weighted by molar-refractivity contribution is -0.125. The minimum Gasteiger partial charge on any atom is -0.478 e. The molecule has 1 fully saturated rings. The van der Waals surface area contributed by atoms with Crippen molar-refractivity contribution in [1.29, 1.82) is 0 Å². The average Bonchev–Trinajstić information content (AvgIpc) is 2.38. The number of carboxylic acids is 2. The molecule has 1 amide bonds. The maximum Gasteiger partial charge on any atom is 0.335 e. The first-order valence-corrected chi connectivity index (χ1v) is 5.49. The van der Waals surface area contributed by atoms with Crippen LogP contribution in [-0.4, -0.2) is 47.8 Å². The molecule has 1 aromatic carbocycles. The van der Waals surface area contributed by atoms with E-state index in [0.29, 0.717) is 6.61 Å². The van der Waals surface area contributed by atoms with Gasteiger partial charge in [-0.15, -0.1) is 0 Å². The van der Waals surface area contributed by atoms with Crippen molar-refractivity contribution in [3.8, 4) is 0 Å². The number of carboxylic acid groups (broad SMARTS) is 2. The van der Waals surface area contributed by atoms with Crippen LogP contribution in [0.25, 0.3) is 0 Å². The van der Waals surface area contributed by atoms with Crippen LogP contribution in [0.5, 0.6) is 0 Å². The van der Waals surface area contributed by atoms with E-state index in [1.54, 1.807) is 0 Å². The summed E-state index contributed by atoms with van der Waals surface area (Å²) in [5.41, 5.74) is -0.0889. The molecule has 100 valence electrons. The summed E-state index contributed by atoms with van der Waals surface area (Å²) in [7, 11) is 0. The molecule has 1 aliphatic heterocycles. The summed E-state index contributed by atoms with van der Waals surface area (Å²) in [4.78, 5) is 34.9. The summed E-state index contributed by atoms with van der Waals surface area (Å²) in [6.45, 7) is 0.492. The van der Waals surface area contributed by atoms with Gasteiger partial charge in [0.25, 0.3) is 5.91 Å². The SMILES string of the molecule is O=C(O)c1cc(C(=O)O)cc(N2CCOCC2=O)c1. The van der Waals surface area contributed by atoms with Gasteiger partial charge < -0.3 is 19.8 Å². The van der Waals surface area contributed by atoms with E-state index in [-0.39, 0.29) is 35.9 Å². The fourth-order valence-electron chi connectivity index (χ4n) is 1.80. The molecule has 1 aromatic rings. The zero-order valence-electron chi connectivity index (χ0n) is 9.83. The van der Waals surface area contributed by atoms with E-state index in [9.17, 15) is 14.4 Å². The molecular formula is C12H11NO6. The van der Waals surface area contributed by atoms with Crippen LogP contribution in [0.2, 0.25) is 0 Å². The summed E-state index contributed by atoms with van der Waals surface area (Å²) in [5.74, 6) is -2.82. The zero-order valence-corrected chi connectivity index (χ0v) is 9.83. The number of morpholine rings is 1. The second-order valence-electron chi connectivity index (χ2n) is 3.98. The summed E-state index contributed by atoms with van der Waals surface area (Å²) in [5, 5.41) is 17.9. The van der Waals surface area contributed by atoms with Gasteiger partial charge in [0.2, 0.25) is 0 Å². The van der Waals surface area contributed by atoms with Crippen molar-refractivity contribution >= 4 is 23.5 Å². The standard InChI is InChI=1S/C12H11NO6/c14-10-6-19-2-1-13(10)9-4-7(11(15)16)3-8(5-9)12(17)18/h3-5H,1-2,6H2,(H,15,16)(H,17,18). The van der Waals surface area contributed by atoms with Crippen LogP contribution < -0.4 is 4.90 Å². The lowest BCUT2D eigenvalue weighted by Crippen LogP contribution is -2.41. The quantitative estimate of drug-likeness (QED) is 0.822. The lowest BCUT2D eigenvalue weighted by Gasteiger charge is -2.27. The number of carbonyl (C=O) groups excluding carboxylic acids is 1. The van der Waals surface area contributed by atoms with E-state index in [4.69, 9.17) is 14.9 Å². The Morgan fingerprint density at radius 1 is 1.11 bits per heavy atom. The molecule has 7 nitrogen and oxygen atoms in total. The predicted octanol–water partition coefficient (Wildman–Crippen LogP) is 0.446. The van der Waals surface area contributed by atoms with Crippen LogP contribution >= 0.6 is 0 Å². The van der Waals surface area contributed by atoms with Gasteiger partial charge >= 0.3 is 11.9 Å². The van der Waals surface area contributed by atoms with Crippen molar-refractivity contribution < 1.29 is 29.3 Å². The minimum absolute atomic E-state index is 0.0975. The third-order valence-electron chi connectivity index (χ3n) is 2.71. The molecule has 0 aromatic heterocycles. The van der Waals surface area contributed by atoms with Crippen LogP contribution in [0.15, 0.2) is 18.2 Å². The lowest BCUT2D eigenvalue weighted by atomic mass is 10.1. The summed E-state index contributed by atoms with van der Waals surface area (Å²) in [6.07, 6.45) is 0. The number of ether oxygens (including phenoxy) is 1. The van der Waals surface area contributed by atoms with Crippen molar-refractivity contribution in [2.45, 2.75) is 0 Å². The molecule has 1 saturated heterocycles. The molecule has 1 aliphatic rings. The normalized spacial score (nSPS) is 15.4. The number of hydrogen-bond acceptors (Lipinski definition) is 4. The van der Waals surface area contributed by atoms with Crippen LogP contribution in [0.3, 0.4) is 0 Å². The molecule has 7 heteroatoms. The third-order valence-corrected chi connectivity index (χ3v) is 2.71. The van der Waals surface area contributed by atoms with E-state index in [0.717, 1.165) is 6.07 Å². The highest BCUT2D eigenvalue weighted by Crippen LogP contribution is 2.21. The Balaban J connectivity index is 2.46. The molecule has 2 N–H and O–H groups in total. The van der Waals surface area contributed by atoms with E-state index >= 15 is 0 Å². The van der Waals surface area contributed by atoms with Gasteiger partial charge in [0, 0.05) is 12.2 Å². The maximum absolute atomic E-state index is 11.7. The van der Waals surface area contributed by atoms with E-state index < -0.39 is 11.9 Å².